The number of rotatable bonds is 4. The van der Waals surface area contributed by atoms with Crippen LogP contribution in [0, 0.1) is 23.2 Å². The van der Waals surface area contributed by atoms with Crippen LogP contribution in [0.5, 0.6) is 0 Å². The van der Waals surface area contributed by atoms with E-state index in [1.165, 1.54) is 70.6 Å². The Bertz CT molecular complexity index is 344. The predicted octanol–water partition coefficient (Wildman–Crippen LogP) is 0.879. The summed E-state index contributed by atoms with van der Waals surface area (Å²) in [6.07, 6.45) is 15.0. The van der Waals surface area contributed by atoms with Crippen LogP contribution in [0.4, 0.5) is 0 Å². The molecule has 5 rings (SSSR count). The van der Waals surface area contributed by atoms with Crippen LogP contribution >= 0.6 is 0 Å². The maximum Gasteiger partial charge on any atom is 0.0746 e. The number of hydrogen-bond donors (Lipinski definition) is 2. The molecule has 0 amide bonds. The lowest BCUT2D eigenvalue weighted by molar-refractivity contribution is -0.129. The van der Waals surface area contributed by atoms with Crippen molar-refractivity contribution in [1.29, 1.82) is 0 Å². The predicted molar refractivity (Wildman–Crippen MR) is 86.1 cm³/mol. The molecule has 5 fully saturated rings. The van der Waals surface area contributed by atoms with Crippen LogP contribution in [-0.2, 0) is 0 Å². The van der Waals surface area contributed by atoms with Gasteiger partial charge in [-0.15, -0.1) is 0 Å². The van der Waals surface area contributed by atoms with Crippen LogP contribution in [0.2, 0.25) is 0 Å². The van der Waals surface area contributed by atoms with Crippen LogP contribution in [0.15, 0.2) is 0 Å². The minimum atomic E-state index is -0.118. The van der Waals surface area contributed by atoms with Gasteiger partial charge in [0.1, 0.15) is 0 Å². The van der Waals surface area contributed by atoms with E-state index in [1.54, 1.807) is 0 Å². The monoisotopic (exact) mass is 326 g/mol. The molecule has 128 valence electrons. The molecule has 5 aliphatic carbocycles. The minimum Gasteiger partial charge on any atom is -1.00 e. The zero-order valence-corrected chi connectivity index (χ0v) is 14.8. The van der Waals surface area contributed by atoms with Crippen molar-refractivity contribution >= 4 is 0 Å². The summed E-state index contributed by atoms with van der Waals surface area (Å²) in [6.45, 7) is 2.25. The lowest BCUT2D eigenvalue weighted by Gasteiger charge is -2.59. The fourth-order valence-corrected chi connectivity index (χ4v) is 6.80. The standard InChI is InChI=1S/C19H33NO.ClH/c1-13(20-17-5-3-2-4-6-17)18(21)19-10-14-7-15(11-19)9-16(8-14)12-19;/h13-18,20-21H,2-12H2,1H3;1H/p-1. The molecular formula is C19H33ClNO-. The summed E-state index contributed by atoms with van der Waals surface area (Å²) < 4.78 is 0. The summed E-state index contributed by atoms with van der Waals surface area (Å²) in [6, 6.07) is 0.946. The van der Waals surface area contributed by atoms with Crippen molar-refractivity contribution in [2.24, 2.45) is 23.2 Å². The number of hydrogen-bond acceptors (Lipinski definition) is 2. The molecule has 3 heteroatoms. The first kappa shape index (κ1) is 17.0. The second kappa shape index (κ2) is 6.61. The number of aliphatic hydroxyl groups is 1. The van der Waals surface area contributed by atoms with Crippen molar-refractivity contribution in [3.8, 4) is 0 Å². The van der Waals surface area contributed by atoms with Gasteiger partial charge >= 0.3 is 0 Å². The first-order chi connectivity index (χ1) is 10.1. The Morgan fingerprint density at radius 1 is 0.909 bits per heavy atom. The first-order valence-corrected chi connectivity index (χ1v) is 9.59. The molecule has 0 aromatic rings. The highest BCUT2D eigenvalue weighted by molar-refractivity contribution is 5.06. The van der Waals surface area contributed by atoms with Crippen molar-refractivity contribution in [3.63, 3.8) is 0 Å². The third-order valence-electron chi connectivity index (χ3n) is 7.29. The lowest BCUT2D eigenvalue weighted by atomic mass is 9.47. The van der Waals surface area contributed by atoms with Gasteiger partial charge in [-0.2, -0.15) is 0 Å². The van der Waals surface area contributed by atoms with Crippen LogP contribution < -0.4 is 17.7 Å². The average molecular weight is 327 g/mol. The van der Waals surface area contributed by atoms with Gasteiger partial charge in [-0.25, -0.2) is 0 Å². The van der Waals surface area contributed by atoms with E-state index in [0.29, 0.717) is 6.04 Å². The molecule has 5 aliphatic rings. The Morgan fingerprint density at radius 3 is 1.91 bits per heavy atom. The molecule has 2 unspecified atom stereocenters. The Balaban J connectivity index is 0.00000144. The van der Waals surface area contributed by atoms with Gasteiger partial charge in [0, 0.05) is 12.1 Å². The van der Waals surface area contributed by atoms with Crippen LogP contribution in [0.25, 0.3) is 0 Å². The van der Waals surface area contributed by atoms with Gasteiger partial charge < -0.3 is 22.8 Å². The van der Waals surface area contributed by atoms with Gasteiger partial charge in [0.15, 0.2) is 0 Å². The van der Waals surface area contributed by atoms with Gasteiger partial charge in [-0.3, -0.25) is 0 Å². The van der Waals surface area contributed by atoms with Gasteiger partial charge in [0.05, 0.1) is 6.10 Å². The van der Waals surface area contributed by atoms with E-state index in [0.717, 1.165) is 17.8 Å². The molecule has 0 spiro atoms. The number of nitrogens with one attached hydrogen (secondary N) is 1. The second-order valence-corrected chi connectivity index (χ2v) is 9.02. The van der Waals surface area contributed by atoms with Gasteiger partial charge in [-0.1, -0.05) is 19.3 Å². The Kier molecular flexibility index (Phi) is 5.12. The van der Waals surface area contributed by atoms with Crippen molar-refractivity contribution in [1.82, 2.24) is 5.32 Å². The molecule has 2 nitrogen and oxygen atoms in total. The van der Waals surface area contributed by atoms with Gasteiger partial charge in [0.25, 0.3) is 0 Å². The molecule has 0 radical (unpaired) electrons. The van der Waals surface area contributed by atoms with Gasteiger partial charge in [-0.05, 0) is 81.5 Å². The normalized spacial score (nSPS) is 43.6. The first-order valence-electron chi connectivity index (χ1n) is 9.59. The fourth-order valence-electron chi connectivity index (χ4n) is 6.80. The van der Waals surface area contributed by atoms with E-state index in [-0.39, 0.29) is 30.0 Å². The van der Waals surface area contributed by atoms with Crippen LogP contribution in [-0.4, -0.2) is 23.3 Å². The summed E-state index contributed by atoms with van der Waals surface area (Å²) in [5, 5.41) is 14.9. The minimum absolute atomic E-state index is 0. The summed E-state index contributed by atoms with van der Waals surface area (Å²) in [7, 11) is 0. The highest BCUT2D eigenvalue weighted by Gasteiger charge is 2.54. The summed E-state index contributed by atoms with van der Waals surface area (Å²) in [4.78, 5) is 0. The van der Waals surface area contributed by atoms with Crippen molar-refractivity contribution < 1.29 is 17.5 Å². The van der Waals surface area contributed by atoms with E-state index in [2.05, 4.69) is 12.2 Å². The average Bonchev–Trinajstić information content (AvgIpc) is 2.46. The van der Waals surface area contributed by atoms with E-state index in [4.69, 9.17) is 0 Å². The Morgan fingerprint density at radius 2 is 1.41 bits per heavy atom. The molecule has 0 aromatic carbocycles. The SMILES string of the molecule is CC(NC1CCCCC1)C(O)C12CC3CC(CC(C3)C1)C2.[Cl-]. The summed E-state index contributed by atoms with van der Waals surface area (Å²) in [5.74, 6) is 2.81. The molecule has 22 heavy (non-hydrogen) atoms. The van der Waals surface area contributed by atoms with Crippen LogP contribution in [0.3, 0.4) is 0 Å². The van der Waals surface area contributed by atoms with E-state index >= 15 is 0 Å². The quantitative estimate of drug-likeness (QED) is 0.804. The Labute approximate surface area is 142 Å². The van der Waals surface area contributed by atoms with Crippen molar-refractivity contribution in [2.75, 3.05) is 0 Å². The fraction of sp³-hybridized carbons (Fsp3) is 1.00. The molecular weight excluding hydrogens is 294 g/mol. The molecule has 4 bridgehead atoms. The maximum absolute atomic E-state index is 11.2. The smallest absolute Gasteiger partial charge is 0.0746 e. The largest absolute Gasteiger partial charge is 1.00 e. The molecule has 0 heterocycles. The second-order valence-electron chi connectivity index (χ2n) is 9.02. The molecule has 5 saturated carbocycles. The molecule has 0 aliphatic heterocycles. The third-order valence-corrected chi connectivity index (χ3v) is 7.29. The highest BCUT2D eigenvalue weighted by Crippen LogP contribution is 2.61. The maximum atomic E-state index is 11.2. The van der Waals surface area contributed by atoms with Crippen molar-refractivity contribution in [2.45, 2.75) is 95.7 Å². The number of halogens is 1. The summed E-state index contributed by atoms with van der Waals surface area (Å²) >= 11 is 0. The molecule has 0 saturated heterocycles. The van der Waals surface area contributed by atoms with E-state index in [1.807, 2.05) is 0 Å². The van der Waals surface area contributed by atoms with Crippen molar-refractivity contribution in [3.05, 3.63) is 0 Å². The van der Waals surface area contributed by atoms with E-state index < -0.39 is 0 Å². The topological polar surface area (TPSA) is 32.3 Å². The molecule has 2 atom stereocenters. The number of aliphatic hydroxyl groups excluding tert-OH is 1. The highest BCUT2D eigenvalue weighted by atomic mass is 35.5. The van der Waals surface area contributed by atoms with Gasteiger partial charge in [0.2, 0.25) is 0 Å². The lowest BCUT2D eigenvalue weighted by Crippen LogP contribution is -3.00. The summed E-state index contributed by atoms with van der Waals surface area (Å²) in [5.41, 5.74) is 0.274. The third kappa shape index (κ3) is 3.08. The van der Waals surface area contributed by atoms with Crippen LogP contribution in [0.1, 0.15) is 77.6 Å². The zero-order valence-electron chi connectivity index (χ0n) is 14.1. The zero-order chi connectivity index (χ0) is 14.4. The molecule has 0 aromatic heterocycles. The Hall–Kier alpha value is 0.210. The van der Waals surface area contributed by atoms with E-state index in [9.17, 15) is 5.11 Å². The molecule has 2 N–H and O–H groups in total.